The van der Waals surface area contributed by atoms with Crippen LogP contribution in [0.5, 0.6) is 0 Å². The molecular formula is C32H42N2O9. The van der Waals surface area contributed by atoms with Crippen molar-refractivity contribution in [3.63, 3.8) is 0 Å². The van der Waals surface area contributed by atoms with E-state index < -0.39 is 52.2 Å². The summed E-state index contributed by atoms with van der Waals surface area (Å²) in [7, 11) is 4.87. The maximum atomic E-state index is 14.0. The van der Waals surface area contributed by atoms with Crippen LogP contribution in [0.3, 0.4) is 0 Å². The second-order valence-electron chi connectivity index (χ2n) is 13.8. The first kappa shape index (κ1) is 29.2. The van der Waals surface area contributed by atoms with Crippen molar-refractivity contribution in [2.45, 2.75) is 87.1 Å². The highest BCUT2D eigenvalue weighted by Gasteiger charge is 2.89. The van der Waals surface area contributed by atoms with Gasteiger partial charge in [0.25, 0.3) is 0 Å². The van der Waals surface area contributed by atoms with Crippen LogP contribution in [0, 0.1) is 29.1 Å². The van der Waals surface area contributed by atoms with Crippen molar-refractivity contribution < 1.29 is 43.5 Å². The fourth-order valence-corrected chi connectivity index (χ4v) is 11.5. The number of amides is 2. The number of carbonyl (C=O) groups is 3. The minimum Gasteiger partial charge on any atom is -0.453 e. The van der Waals surface area contributed by atoms with Crippen LogP contribution >= 0.6 is 0 Å². The Morgan fingerprint density at radius 1 is 1.00 bits per heavy atom. The zero-order valence-corrected chi connectivity index (χ0v) is 25.4. The molecule has 43 heavy (non-hydrogen) atoms. The normalized spacial score (nSPS) is 46.8. The smallest absolute Gasteiger partial charge is 0.340 e. The van der Waals surface area contributed by atoms with Crippen LogP contribution in [0.25, 0.3) is 0 Å². The Morgan fingerprint density at radius 3 is 2.40 bits per heavy atom. The summed E-state index contributed by atoms with van der Waals surface area (Å²) < 4.78 is 24.8. The summed E-state index contributed by atoms with van der Waals surface area (Å²) in [5.41, 5.74) is -4.50. The number of methoxy groups -OCH3 is 3. The van der Waals surface area contributed by atoms with Gasteiger partial charge in [-0.15, -0.1) is 0 Å². The third kappa shape index (κ3) is 3.35. The number of hydrogen-bond donors (Lipinski definition) is 3. The van der Waals surface area contributed by atoms with Crippen LogP contribution in [0.2, 0.25) is 0 Å². The number of aliphatic hydroxyl groups is 2. The van der Waals surface area contributed by atoms with E-state index in [0.717, 1.165) is 0 Å². The second kappa shape index (κ2) is 9.47. The maximum Gasteiger partial charge on any atom is 0.340 e. The summed E-state index contributed by atoms with van der Waals surface area (Å²) in [6.45, 7) is 3.08. The first-order valence-electron chi connectivity index (χ1n) is 15.3. The number of nitrogens with zero attached hydrogens (tertiary/aromatic N) is 1. The Bertz CT molecular complexity index is 1370. The predicted molar refractivity (Wildman–Crippen MR) is 152 cm³/mol. The lowest BCUT2D eigenvalue weighted by Gasteiger charge is -2.70. The quantitative estimate of drug-likeness (QED) is 0.417. The summed E-state index contributed by atoms with van der Waals surface area (Å²) in [5, 5.41) is 28.3. The van der Waals surface area contributed by atoms with Gasteiger partial charge in [-0.25, -0.2) is 4.79 Å². The molecule has 1 aromatic rings. The molecule has 1 heterocycles. The Balaban J connectivity index is 1.40. The van der Waals surface area contributed by atoms with Gasteiger partial charge in [-0.2, -0.15) is 0 Å². The Kier molecular flexibility index (Phi) is 6.42. The van der Waals surface area contributed by atoms with Crippen LogP contribution in [0.4, 0.5) is 5.69 Å². The molecule has 5 saturated carbocycles. The summed E-state index contributed by atoms with van der Waals surface area (Å²) in [6.07, 6.45) is 0.888. The van der Waals surface area contributed by atoms with Gasteiger partial charge in [0.2, 0.25) is 11.8 Å². The minimum absolute atomic E-state index is 0.161. The van der Waals surface area contributed by atoms with Gasteiger partial charge in [0.15, 0.2) is 0 Å². The van der Waals surface area contributed by atoms with E-state index in [1.807, 2.05) is 0 Å². The number of para-hydroxylation sites is 1. The number of fused-ring (bicyclic) bond motifs is 2. The largest absolute Gasteiger partial charge is 0.453 e. The Labute approximate surface area is 251 Å². The van der Waals surface area contributed by atoms with Crippen LogP contribution in [0.1, 0.15) is 56.3 Å². The number of esters is 1. The van der Waals surface area contributed by atoms with Crippen molar-refractivity contribution in [1.29, 1.82) is 0 Å². The Hall–Kier alpha value is -2.57. The monoisotopic (exact) mass is 598 g/mol. The van der Waals surface area contributed by atoms with E-state index in [-0.39, 0.29) is 54.4 Å². The summed E-state index contributed by atoms with van der Waals surface area (Å²) in [4.78, 5) is 41.3. The zero-order chi connectivity index (χ0) is 30.7. The number of rotatable bonds is 6. The van der Waals surface area contributed by atoms with Crippen LogP contribution < -0.4 is 5.32 Å². The number of anilines is 1. The van der Waals surface area contributed by atoms with Gasteiger partial charge in [-0.05, 0) is 37.8 Å². The van der Waals surface area contributed by atoms with E-state index in [0.29, 0.717) is 31.4 Å². The molecule has 7 bridgehead atoms. The van der Waals surface area contributed by atoms with E-state index >= 15 is 0 Å². The van der Waals surface area contributed by atoms with Crippen LogP contribution in [-0.4, -0.2) is 102 Å². The van der Waals surface area contributed by atoms with E-state index in [1.165, 1.54) is 13.8 Å². The van der Waals surface area contributed by atoms with E-state index in [9.17, 15) is 24.6 Å². The molecule has 7 rings (SSSR count). The summed E-state index contributed by atoms with van der Waals surface area (Å²) in [5.74, 6) is -2.53. The number of ether oxygens (including phenoxy) is 4. The molecule has 1 aliphatic heterocycles. The van der Waals surface area contributed by atoms with Crippen molar-refractivity contribution in [1.82, 2.24) is 4.90 Å². The number of piperidine rings is 1. The van der Waals surface area contributed by atoms with Gasteiger partial charge in [-0.1, -0.05) is 12.1 Å². The number of carbonyl (C=O) groups excluding carboxylic acids is 3. The molecule has 5 aliphatic carbocycles. The van der Waals surface area contributed by atoms with Crippen molar-refractivity contribution in [3.8, 4) is 0 Å². The maximum absolute atomic E-state index is 14.0. The van der Waals surface area contributed by atoms with Crippen LogP contribution in [0.15, 0.2) is 24.3 Å². The van der Waals surface area contributed by atoms with E-state index in [2.05, 4.69) is 5.32 Å². The minimum atomic E-state index is -1.60. The summed E-state index contributed by atoms with van der Waals surface area (Å²) >= 11 is 0. The molecule has 234 valence electrons. The molecule has 1 saturated heterocycles. The molecular weight excluding hydrogens is 556 g/mol. The molecule has 6 aliphatic rings. The molecule has 1 unspecified atom stereocenters. The zero-order valence-electron chi connectivity index (χ0n) is 25.4. The lowest BCUT2D eigenvalue weighted by molar-refractivity contribution is -0.335. The number of nitrogens with one attached hydrogen (secondary N) is 1. The predicted octanol–water partition coefficient (Wildman–Crippen LogP) is 1.75. The topological polar surface area (TPSA) is 144 Å². The lowest BCUT2D eigenvalue weighted by Crippen LogP contribution is -2.83. The Morgan fingerprint density at radius 2 is 1.74 bits per heavy atom. The van der Waals surface area contributed by atoms with E-state index in [1.54, 1.807) is 50.5 Å². The highest BCUT2D eigenvalue weighted by Crippen LogP contribution is 2.79. The molecule has 1 aromatic carbocycles. The highest BCUT2D eigenvalue weighted by atomic mass is 16.6. The number of benzene rings is 1. The van der Waals surface area contributed by atoms with Gasteiger partial charge in [-0.3, -0.25) is 9.59 Å². The molecule has 1 spiro atoms. The second-order valence-corrected chi connectivity index (χ2v) is 13.8. The van der Waals surface area contributed by atoms with Crippen molar-refractivity contribution in [2.75, 3.05) is 33.2 Å². The first-order valence-corrected chi connectivity index (χ1v) is 15.3. The fraction of sp³-hybridized carbons (Fsp3) is 0.719. The first-order chi connectivity index (χ1) is 20.4. The molecule has 3 N–H and O–H groups in total. The van der Waals surface area contributed by atoms with Gasteiger partial charge in [0, 0.05) is 76.7 Å². The lowest BCUT2D eigenvalue weighted by atomic mass is 9.44. The molecule has 6 fully saturated rings. The number of likely N-dealkylation sites (tertiary alicyclic amines) is 1. The average Bonchev–Trinajstić information content (AvgIpc) is 3.38. The van der Waals surface area contributed by atoms with Gasteiger partial charge < -0.3 is 39.4 Å². The summed E-state index contributed by atoms with van der Waals surface area (Å²) in [6, 6.07) is 6.31. The number of hydrogen-bond acceptors (Lipinski definition) is 9. The van der Waals surface area contributed by atoms with Gasteiger partial charge in [0.05, 0.1) is 36.1 Å². The third-order valence-electron chi connectivity index (χ3n) is 12.5. The molecule has 0 aromatic heterocycles. The standard InChI is InChI=1S/C32H42N2O9/c1-16(35)33-21-9-7-6-8-18(21)28(37)43-29-11-10-25(41-4)31-23(29)13-20(26(31)34(15-29)17(2)36)30(38)14-22(40-3)19-12-24(31)32(30,39)27(19)42-5/h6-9,19-20,22-27,38-39H,10-15H2,1-5H3,(H,33,35)/t19-,20-,22+,23-,24+,25+,26?,27+,29-,30+,31+,32+/m1/s1. The van der Waals surface area contributed by atoms with Crippen molar-refractivity contribution in [3.05, 3.63) is 29.8 Å². The fourth-order valence-electron chi connectivity index (χ4n) is 11.5. The molecule has 0 radical (unpaired) electrons. The van der Waals surface area contributed by atoms with Crippen molar-refractivity contribution >= 4 is 23.5 Å². The molecule has 2 amide bonds. The average molecular weight is 599 g/mol. The SMILES string of the molecule is CO[C@H]1C[C@]2(O)[C@@H]3C[C@@H]4[C@@]5(OC(=O)c6ccccc6NC(C)=O)CC[C@H](OC)[C@@]4(C3N(C(C)=O)C5)[C@@H]3C[C@H]1[C@H](OC)[C@@]32O. The third-order valence-corrected chi connectivity index (χ3v) is 12.5. The van der Waals surface area contributed by atoms with Crippen molar-refractivity contribution in [2.24, 2.45) is 29.1 Å². The molecule has 12 atom stereocenters. The van der Waals surface area contributed by atoms with Gasteiger partial charge in [0.1, 0.15) is 16.8 Å². The van der Waals surface area contributed by atoms with Crippen LogP contribution in [-0.2, 0) is 28.5 Å². The van der Waals surface area contributed by atoms with E-state index in [4.69, 9.17) is 18.9 Å². The van der Waals surface area contributed by atoms with Gasteiger partial charge >= 0.3 is 5.97 Å². The highest BCUT2D eigenvalue weighted by molar-refractivity contribution is 6.00. The molecule has 11 nitrogen and oxygen atoms in total. The molecule has 11 heteroatoms.